The second-order valence-electron chi connectivity index (χ2n) is 5.48. The number of carbonyl (C=O) groups excluding carboxylic acids is 1. The molecule has 4 heteroatoms. The lowest BCUT2D eigenvalue weighted by Crippen LogP contribution is -2.49. The van der Waals surface area contributed by atoms with E-state index in [2.05, 4.69) is 10.6 Å². The second-order valence-corrected chi connectivity index (χ2v) is 5.48. The molecule has 1 atom stereocenters. The third kappa shape index (κ3) is 3.77. The highest BCUT2D eigenvalue weighted by Crippen LogP contribution is 2.25. The quantitative estimate of drug-likeness (QED) is 0.871. The van der Waals surface area contributed by atoms with Gasteiger partial charge in [-0.1, -0.05) is 12.1 Å². The van der Waals surface area contributed by atoms with Gasteiger partial charge in [0.2, 0.25) is 5.91 Å². The van der Waals surface area contributed by atoms with E-state index in [-0.39, 0.29) is 17.1 Å². The van der Waals surface area contributed by atoms with E-state index >= 15 is 0 Å². The van der Waals surface area contributed by atoms with Gasteiger partial charge < -0.3 is 10.6 Å². The van der Waals surface area contributed by atoms with Crippen LogP contribution in [0.4, 0.5) is 4.39 Å². The van der Waals surface area contributed by atoms with Gasteiger partial charge in [-0.25, -0.2) is 4.39 Å². The summed E-state index contributed by atoms with van der Waals surface area (Å²) in [7, 11) is 0. The zero-order valence-corrected chi connectivity index (χ0v) is 11.3. The Balaban J connectivity index is 1.80. The summed E-state index contributed by atoms with van der Waals surface area (Å²) >= 11 is 0. The number of carbonyl (C=O) groups is 1. The SMILES string of the molecule is CC1(C(=O)NCCc2cccc(F)c2)CCCNC1. The number of amides is 1. The topological polar surface area (TPSA) is 41.1 Å². The van der Waals surface area contributed by atoms with Crippen LogP contribution in [0.5, 0.6) is 0 Å². The van der Waals surface area contributed by atoms with Gasteiger partial charge in [0.05, 0.1) is 5.41 Å². The maximum absolute atomic E-state index is 13.0. The van der Waals surface area contributed by atoms with Crippen LogP contribution in [0.3, 0.4) is 0 Å². The van der Waals surface area contributed by atoms with Gasteiger partial charge in [-0.2, -0.15) is 0 Å². The predicted molar refractivity (Wildman–Crippen MR) is 73.3 cm³/mol. The monoisotopic (exact) mass is 264 g/mol. The number of hydrogen-bond acceptors (Lipinski definition) is 2. The van der Waals surface area contributed by atoms with E-state index < -0.39 is 0 Å². The van der Waals surface area contributed by atoms with Crippen LogP contribution in [-0.2, 0) is 11.2 Å². The maximum Gasteiger partial charge on any atom is 0.227 e. The summed E-state index contributed by atoms with van der Waals surface area (Å²) in [6.07, 6.45) is 2.62. The van der Waals surface area contributed by atoms with E-state index in [1.54, 1.807) is 6.07 Å². The van der Waals surface area contributed by atoms with Gasteiger partial charge in [-0.05, 0) is 50.4 Å². The molecule has 1 aliphatic heterocycles. The summed E-state index contributed by atoms with van der Waals surface area (Å²) in [6.45, 7) is 4.28. The smallest absolute Gasteiger partial charge is 0.227 e. The molecule has 2 N–H and O–H groups in total. The first kappa shape index (κ1) is 14.0. The average Bonchev–Trinajstić information content (AvgIpc) is 2.39. The number of benzene rings is 1. The molecular formula is C15H21FN2O. The molecule has 19 heavy (non-hydrogen) atoms. The molecule has 1 fully saturated rings. The van der Waals surface area contributed by atoms with Crippen molar-refractivity contribution in [2.75, 3.05) is 19.6 Å². The third-order valence-electron chi connectivity index (χ3n) is 3.73. The number of hydrogen-bond donors (Lipinski definition) is 2. The molecule has 1 unspecified atom stereocenters. The summed E-state index contributed by atoms with van der Waals surface area (Å²) in [5.41, 5.74) is 0.604. The predicted octanol–water partition coefficient (Wildman–Crippen LogP) is 1.87. The van der Waals surface area contributed by atoms with Crippen molar-refractivity contribution in [3.63, 3.8) is 0 Å². The minimum absolute atomic E-state index is 0.0936. The fourth-order valence-corrected chi connectivity index (χ4v) is 2.48. The van der Waals surface area contributed by atoms with Gasteiger partial charge in [-0.3, -0.25) is 4.79 Å². The molecule has 1 heterocycles. The van der Waals surface area contributed by atoms with E-state index in [4.69, 9.17) is 0 Å². The first-order valence-electron chi connectivity index (χ1n) is 6.84. The molecule has 0 spiro atoms. The normalized spacial score (nSPS) is 23.1. The summed E-state index contributed by atoms with van der Waals surface area (Å²) in [6, 6.07) is 6.50. The van der Waals surface area contributed by atoms with Crippen LogP contribution in [0.25, 0.3) is 0 Å². The molecule has 2 rings (SSSR count). The summed E-state index contributed by atoms with van der Waals surface area (Å²) in [5.74, 6) is -0.136. The van der Waals surface area contributed by atoms with Crippen molar-refractivity contribution >= 4 is 5.91 Å². The third-order valence-corrected chi connectivity index (χ3v) is 3.73. The van der Waals surface area contributed by atoms with Crippen molar-refractivity contribution in [3.05, 3.63) is 35.6 Å². The Hall–Kier alpha value is -1.42. The van der Waals surface area contributed by atoms with Crippen LogP contribution in [0.1, 0.15) is 25.3 Å². The molecular weight excluding hydrogens is 243 g/mol. The summed E-state index contributed by atoms with van der Waals surface area (Å²) in [4.78, 5) is 12.2. The number of piperidine rings is 1. The first-order valence-corrected chi connectivity index (χ1v) is 6.84. The highest BCUT2D eigenvalue weighted by atomic mass is 19.1. The van der Waals surface area contributed by atoms with Gasteiger partial charge in [0.1, 0.15) is 5.82 Å². The van der Waals surface area contributed by atoms with Crippen LogP contribution < -0.4 is 10.6 Å². The fourth-order valence-electron chi connectivity index (χ4n) is 2.48. The molecule has 0 saturated carbocycles. The van der Waals surface area contributed by atoms with Crippen molar-refractivity contribution < 1.29 is 9.18 Å². The second kappa shape index (κ2) is 6.15. The average molecular weight is 264 g/mol. The molecule has 1 amide bonds. The van der Waals surface area contributed by atoms with Crippen molar-refractivity contribution in [1.82, 2.24) is 10.6 Å². The lowest BCUT2D eigenvalue weighted by atomic mass is 9.82. The standard InChI is InChI=1S/C15H21FN2O/c1-15(7-3-8-17-11-15)14(19)18-9-6-12-4-2-5-13(16)10-12/h2,4-5,10,17H,3,6-9,11H2,1H3,(H,18,19). The van der Waals surface area contributed by atoms with Crippen molar-refractivity contribution in [2.45, 2.75) is 26.2 Å². The lowest BCUT2D eigenvalue weighted by molar-refractivity contribution is -0.131. The minimum atomic E-state index is -0.305. The van der Waals surface area contributed by atoms with Gasteiger partial charge in [-0.15, -0.1) is 0 Å². The van der Waals surface area contributed by atoms with Crippen LogP contribution in [0.2, 0.25) is 0 Å². The van der Waals surface area contributed by atoms with E-state index in [0.717, 1.165) is 31.5 Å². The molecule has 1 aromatic rings. The zero-order valence-electron chi connectivity index (χ0n) is 11.3. The zero-order chi connectivity index (χ0) is 13.7. The van der Waals surface area contributed by atoms with Gasteiger partial charge in [0.25, 0.3) is 0 Å². The summed E-state index contributed by atoms with van der Waals surface area (Å²) in [5, 5.41) is 6.22. The molecule has 104 valence electrons. The molecule has 3 nitrogen and oxygen atoms in total. The van der Waals surface area contributed by atoms with Gasteiger partial charge in [0.15, 0.2) is 0 Å². The maximum atomic E-state index is 13.0. The van der Waals surface area contributed by atoms with Crippen LogP contribution >= 0.6 is 0 Å². The van der Waals surface area contributed by atoms with Crippen molar-refractivity contribution in [2.24, 2.45) is 5.41 Å². The Morgan fingerprint density at radius 2 is 2.37 bits per heavy atom. The minimum Gasteiger partial charge on any atom is -0.355 e. The Bertz CT molecular complexity index is 442. The van der Waals surface area contributed by atoms with Gasteiger partial charge >= 0.3 is 0 Å². The number of halogens is 1. The molecule has 1 saturated heterocycles. The highest BCUT2D eigenvalue weighted by molar-refractivity contribution is 5.82. The van der Waals surface area contributed by atoms with Crippen molar-refractivity contribution in [1.29, 1.82) is 0 Å². The summed E-state index contributed by atoms with van der Waals surface area (Å²) < 4.78 is 13.0. The molecule has 1 aromatic carbocycles. The largest absolute Gasteiger partial charge is 0.355 e. The Morgan fingerprint density at radius 1 is 1.53 bits per heavy atom. The van der Waals surface area contributed by atoms with Gasteiger partial charge in [0, 0.05) is 13.1 Å². The van der Waals surface area contributed by atoms with Crippen LogP contribution in [0, 0.1) is 11.2 Å². The van der Waals surface area contributed by atoms with E-state index in [1.807, 2.05) is 13.0 Å². The lowest BCUT2D eigenvalue weighted by Gasteiger charge is -2.32. The Kier molecular flexibility index (Phi) is 4.53. The van der Waals surface area contributed by atoms with Crippen LogP contribution in [-0.4, -0.2) is 25.5 Å². The number of rotatable bonds is 4. The molecule has 0 aromatic heterocycles. The Morgan fingerprint density at radius 3 is 3.05 bits per heavy atom. The van der Waals surface area contributed by atoms with E-state index in [9.17, 15) is 9.18 Å². The highest BCUT2D eigenvalue weighted by Gasteiger charge is 2.34. The number of nitrogens with one attached hydrogen (secondary N) is 2. The molecule has 0 radical (unpaired) electrons. The van der Waals surface area contributed by atoms with E-state index in [1.165, 1.54) is 12.1 Å². The first-order chi connectivity index (χ1) is 9.10. The Labute approximate surface area is 113 Å². The van der Waals surface area contributed by atoms with Crippen LogP contribution in [0.15, 0.2) is 24.3 Å². The molecule has 0 aliphatic carbocycles. The molecule has 1 aliphatic rings. The van der Waals surface area contributed by atoms with E-state index in [0.29, 0.717) is 13.0 Å². The molecule has 0 bridgehead atoms. The van der Waals surface area contributed by atoms with Crippen molar-refractivity contribution in [3.8, 4) is 0 Å². The fraction of sp³-hybridized carbons (Fsp3) is 0.533.